The Labute approximate surface area is 336 Å². The van der Waals surface area contributed by atoms with Gasteiger partial charge in [-0.2, -0.15) is 0 Å². The first-order valence-electron chi connectivity index (χ1n) is 19.6. The maximum Gasteiger partial charge on any atom is 0.410 e. The molecule has 0 aliphatic carbocycles. The van der Waals surface area contributed by atoms with Crippen LogP contribution in [0.15, 0.2) is 91.0 Å². The fourth-order valence-electron chi connectivity index (χ4n) is 7.77. The second kappa shape index (κ2) is 19.2. The van der Waals surface area contributed by atoms with E-state index in [2.05, 4.69) is 20.7 Å². The Kier molecular flexibility index (Phi) is 13.4. The number of carbonyl (C=O) groups is 1. The van der Waals surface area contributed by atoms with Gasteiger partial charge in [0.25, 0.3) is 5.09 Å². The van der Waals surface area contributed by atoms with E-state index in [0.717, 1.165) is 60.7 Å². The third-order valence-electron chi connectivity index (χ3n) is 10.7. The summed E-state index contributed by atoms with van der Waals surface area (Å²) < 4.78 is 43.6. The van der Waals surface area contributed by atoms with Gasteiger partial charge in [-0.25, -0.2) is 9.18 Å². The van der Waals surface area contributed by atoms with Crippen molar-refractivity contribution in [3.05, 3.63) is 129 Å². The number of halogens is 1. The molecule has 1 amide bonds. The van der Waals surface area contributed by atoms with E-state index in [1.165, 1.54) is 17.0 Å². The van der Waals surface area contributed by atoms with Crippen LogP contribution in [0.2, 0.25) is 0 Å². The maximum atomic E-state index is 13.8. The standard InChI is InChI=1S/C43H49FN4O10/c1-53-20-3-17-45-19-21-54-40-15-10-32(22-38(40)45)28-55-41-26-47(43(50)56-27-30-6-8-31(9-7-30)29-57-48(51)52)25-39(49)42(41)33-11-13-36(14-12-33)58-37-16-18-46(24-37)35-5-2-4-34(44)23-35/h2,4-15,22-23,37,39,41-42,49H,3,16-21,24-29H2,1H3. The topological polar surface area (TPSA) is 146 Å². The number of piperidine rings is 1. The van der Waals surface area contributed by atoms with Gasteiger partial charge in [-0.15, -0.1) is 10.1 Å². The third kappa shape index (κ3) is 10.4. The zero-order valence-corrected chi connectivity index (χ0v) is 32.5. The molecule has 15 heteroatoms. The van der Waals surface area contributed by atoms with Gasteiger partial charge < -0.3 is 48.3 Å². The normalized spacial score (nSPS) is 20.3. The Balaban J connectivity index is 1.03. The highest BCUT2D eigenvalue weighted by atomic mass is 19.1. The first kappa shape index (κ1) is 40.6. The lowest BCUT2D eigenvalue weighted by Gasteiger charge is -2.41. The molecule has 2 fully saturated rings. The van der Waals surface area contributed by atoms with Crippen molar-refractivity contribution in [3.63, 3.8) is 0 Å². The van der Waals surface area contributed by atoms with E-state index in [0.29, 0.717) is 36.6 Å². The molecule has 0 radical (unpaired) electrons. The second-order valence-corrected chi connectivity index (χ2v) is 14.7. The molecular weight excluding hydrogens is 751 g/mol. The Hall–Kier alpha value is -5.64. The zero-order valence-electron chi connectivity index (χ0n) is 32.5. The van der Waals surface area contributed by atoms with Crippen LogP contribution in [-0.2, 0) is 38.9 Å². The van der Waals surface area contributed by atoms with E-state index in [4.69, 9.17) is 23.7 Å². The quantitative estimate of drug-likeness (QED) is 0.0793. The fraction of sp³-hybridized carbons (Fsp3) is 0.419. The van der Waals surface area contributed by atoms with Crippen LogP contribution in [-0.4, -0.2) is 99.1 Å². The minimum Gasteiger partial charge on any atom is -0.490 e. The van der Waals surface area contributed by atoms with Gasteiger partial charge in [-0.1, -0.05) is 48.5 Å². The minimum atomic E-state index is -0.971. The van der Waals surface area contributed by atoms with E-state index in [1.807, 2.05) is 42.5 Å². The van der Waals surface area contributed by atoms with Gasteiger partial charge in [0.1, 0.15) is 43.2 Å². The van der Waals surface area contributed by atoms with Crippen molar-refractivity contribution >= 4 is 17.5 Å². The molecule has 1 N–H and O–H groups in total. The largest absolute Gasteiger partial charge is 0.490 e. The number of hydrogen-bond donors (Lipinski definition) is 1. The van der Waals surface area contributed by atoms with Gasteiger partial charge in [-0.3, -0.25) is 0 Å². The molecule has 7 rings (SSSR count). The van der Waals surface area contributed by atoms with Crippen molar-refractivity contribution in [1.29, 1.82) is 0 Å². The summed E-state index contributed by atoms with van der Waals surface area (Å²) in [4.78, 5) is 34.3. The SMILES string of the molecule is COCCCN1CCOc2ccc(COC3CN(C(=O)OCc4ccc(CO[N+](=O)[O-])cc4)CC(O)C3c3ccc(OC4CCN(c5cccc(F)c5)C4)cc3)cc21. The molecule has 4 atom stereocenters. The highest BCUT2D eigenvalue weighted by molar-refractivity contribution is 5.68. The number of ether oxygens (including phenoxy) is 5. The summed E-state index contributed by atoms with van der Waals surface area (Å²) in [6.07, 6.45) is -0.552. The number of fused-ring (bicyclic) bond motifs is 1. The molecule has 3 aliphatic rings. The van der Waals surface area contributed by atoms with Gasteiger partial charge >= 0.3 is 6.09 Å². The number of likely N-dealkylation sites (tertiary alicyclic amines) is 1. The van der Waals surface area contributed by atoms with Crippen LogP contribution in [0.1, 0.15) is 41.0 Å². The van der Waals surface area contributed by atoms with Gasteiger partial charge in [0.05, 0.1) is 50.7 Å². The predicted octanol–water partition coefficient (Wildman–Crippen LogP) is 6.11. The van der Waals surface area contributed by atoms with Crippen molar-refractivity contribution in [3.8, 4) is 11.5 Å². The molecule has 0 spiro atoms. The van der Waals surface area contributed by atoms with E-state index in [1.54, 1.807) is 37.4 Å². The number of hydrogen-bond acceptors (Lipinski definition) is 12. The lowest BCUT2D eigenvalue weighted by molar-refractivity contribution is -0.763. The number of aliphatic hydroxyl groups is 1. The molecule has 58 heavy (non-hydrogen) atoms. The van der Waals surface area contributed by atoms with Crippen molar-refractivity contribution < 1.29 is 47.9 Å². The van der Waals surface area contributed by atoms with E-state index in [9.17, 15) is 24.4 Å². The Bertz CT molecular complexity index is 1990. The van der Waals surface area contributed by atoms with E-state index >= 15 is 0 Å². The van der Waals surface area contributed by atoms with E-state index < -0.39 is 29.3 Å². The Morgan fingerprint density at radius 2 is 1.71 bits per heavy atom. The smallest absolute Gasteiger partial charge is 0.410 e. The van der Waals surface area contributed by atoms with Gasteiger partial charge in [0.15, 0.2) is 0 Å². The van der Waals surface area contributed by atoms with Crippen molar-refractivity contribution in [1.82, 2.24) is 4.90 Å². The average molecular weight is 801 g/mol. The molecule has 308 valence electrons. The average Bonchev–Trinajstić information content (AvgIpc) is 3.70. The van der Waals surface area contributed by atoms with Crippen LogP contribution in [0.3, 0.4) is 0 Å². The number of aliphatic hydroxyl groups excluding tert-OH is 1. The number of rotatable bonds is 16. The van der Waals surface area contributed by atoms with Crippen LogP contribution in [0.25, 0.3) is 0 Å². The highest BCUT2D eigenvalue weighted by Gasteiger charge is 2.40. The number of anilines is 2. The first-order chi connectivity index (χ1) is 28.2. The summed E-state index contributed by atoms with van der Waals surface area (Å²) in [7, 11) is 1.70. The fourth-order valence-corrected chi connectivity index (χ4v) is 7.77. The Morgan fingerprint density at radius 1 is 0.931 bits per heavy atom. The van der Waals surface area contributed by atoms with Gasteiger partial charge in [0.2, 0.25) is 0 Å². The zero-order chi connectivity index (χ0) is 40.4. The Morgan fingerprint density at radius 3 is 2.47 bits per heavy atom. The predicted molar refractivity (Wildman–Crippen MR) is 212 cm³/mol. The molecule has 0 bridgehead atoms. The molecule has 4 aromatic carbocycles. The molecule has 4 aromatic rings. The molecular formula is C43H49FN4O10. The first-order valence-corrected chi connectivity index (χ1v) is 19.6. The monoisotopic (exact) mass is 800 g/mol. The van der Waals surface area contributed by atoms with E-state index in [-0.39, 0.29) is 44.8 Å². The number of carbonyl (C=O) groups excluding carboxylic acids is 1. The van der Waals surface area contributed by atoms with Crippen LogP contribution in [0, 0.1) is 15.9 Å². The van der Waals surface area contributed by atoms with Crippen LogP contribution in [0.4, 0.5) is 20.6 Å². The summed E-state index contributed by atoms with van der Waals surface area (Å²) >= 11 is 0. The molecule has 14 nitrogen and oxygen atoms in total. The highest BCUT2D eigenvalue weighted by Crippen LogP contribution is 2.36. The summed E-state index contributed by atoms with van der Waals surface area (Å²) in [5, 5.41) is 21.4. The molecule has 0 aromatic heterocycles. The summed E-state index contributed by atoms with van der Waals surface area (Å²) in [5.41, 5.74) is 4.88. The molecule has 2 saturated heterocycles. The third-order valence-corrected chi connectivity index (χ3v) is 10.7. The summed E-state index contributed by atoms with van der Waals surface area (Å²) in [5.74, 6) is 0.768. The lowest BCUT2D eigenvalue weighted by atomic mass is 9.84. The summed E-state index contributed by atoms with van der Waals surface area (Å²) in [6.45, 7) is 4.48. The summed E-state index contributed by atoms with van der Waals surface area (Å²) in [6, 6.07) is 27.0. The molecule has 3 aliphatic heterocycles. The van der Waals surface area contributed by atoms with Gasteiger partial charge in [-0.05, 0) is 71.1 Å². The van der Waals surface area contributed by atoms with Crippen molar-refractivity contribution in [2.75, 3.05) is 69.4 Å². The second-order valence-electron chi connectivity index (χ2n) is 14.7. The van der Waals surface area contributed by atoms with Crippen molar-refractivity contribution in [2.45, 2.75) is 56.9 Å². The number of nitrogens with zero attached hydrogens (tertiary/aromatic N) is 4. The number of methoxy groups -OCH3 is 1. The number of benzene rings is 4. The van der Waals surface area contributed by atoms with Crippen LogP contribution >= 0.6 is 0 Å². The minimum absolute atomic E-state index is 0.0305. The molecule has 4 unspecified atom stereocenters. The van der Waals surface area contributed by atoms with Gasteiger partial charge in [0, 0.05) is 44.8 Å². The van der Waals surface area contributed by atoms with Crippen LogP contribution < -0.4 is 19.3 Å². The van der Waals surface area contributed by atoms with Crippen molar-refractivity contribution in [2.24, 2.45) is 0 Å². The molecule has 3 heterocycles. The number of β-amino-alcohol motifs (C(OH)–C–C–N with tert-alkyl or cyclic N) is 1. The lowest BCUT2D eigenvalue weighted by Crippen LogP contribution is -2.53. The van der Waals surface area contributed by atoms with Crippen LogP contribution in [0.5, 0.6) is 11.5 Å². The maximum absolute atomic E-state index is 13.8. The number of amides is 1. The molecule has 0 saturated carbocycles.